The molecular formula is C18H14N4O2. The van der Waals surface area contributed by atoms with Crippen LogP contribution >= 0.6 is 0 Å². The summed E-state index contributed by atoms with van der Waals surface area (Å²) >= 11 is 0. The molecule has 0 spiro atoms. The number of hydrogen-bond donors (Lipinski definition) is 2. The van der Waals surface area contributed by atoms with Crippen molar-refractivity contribution in [2.75, 3.05) is 0 Å². The molecule has 0 amide bonds. The fourth-order valence-electron chi connectivity index (χ4n) is 2.92. The van der Waals surface area contributed by atoms with E-state index in [0.29, 0.717) is 0 Å². The maximum Gasteiger partial charge on any atom is 0.330 e. The molecule has 2 N–H and O–H groups in total. The number of aromatic nitrogens is 4. The van der Waals surface area contributed by atoms with Crippen LogP contribution in [0.5, 0.6) is 0 Å². The highest BCUT2D eigenvalue weighted by Crippen LogP contribution is 2.24. The van der Waals surface area contributed by atoms with Crippen molar-refractivity contribution in [3.63, 3.8) is 0 Å². The van der Waals surface area contributed by atoms with Crippen LogP contribution in [0.2, 0.25) is 0 Å². The summed E-state index contributed by atoms with van der Waals surface area (Å²) in [6, 6.07) is 18.4. The third kappa shape index (κ3) is 2.25. The quantitative estimate of drug-likeness (QED) is 0.606. The number of fused-ring (bicyclic) bond motifs is 1. The second-order valence-corrected chi connectivity index (χ2v) is 5.46. The van der Waals surface area contributed by atoms with E-state index in [1.165, 1.54) is 10.9 Å². The van der Waals surface area contributed by atoms with Gasteiger partial charge in [0.1, 0.15) is 5.52 Å². The standard InChI is InChI=1S/C18H14N4O2/c23-17-14-16(20-11-19-14)21-18(24)22(17)15(12-7-3-1-4-8-12)13-9-5-2-6-10-13/h1-11,15H,(H,19,20)(H,21,24). The Morgan fingerprint density at radius 1 is 0.875 bits per heavy atom. The zero-order valence-corrected chi connectivity index (χ0v) is 12.6. The first-order valence-electron chi connectivity index (χ1n) is 7.53. The Balaban J connectivity index is 2.05. The van der Waals surface area contributed by atoms with E-state index in [1.807, 2.05) is 60.7 Å². The fourth-order valence-corrected chi connectivity index (χ4v) is 2.92. The molecule has 2 heterocycles. The Labute approximate surface area is 136 Å². The Morgan fingerprint density at radius 3 is 2.04 bits per heavy atom. The van der Waals surface area contributed by atoms with Gasteiger partial charge in [0.05, 0.1) is 12.4 Å². The van der Waals surface area contributed by atoms with E-state index in [1.54, 1.807) is 0 Å². The zero-order valence-electron chi connectivity index (χ0n) is 12.6. The SMILES string of the molecule is O=c1[nH]c2nc[nH]c2c(=O)n1C(c1ccccc1)c1ccccc1. The first kappa shape index (κ1) is 14.2. The van der Waals surface area contributed by atoms with Crippen molar-refractivity contribution >= 4 is 11.2 Å². The van der Waals surface area contributed by atoms with Crippen LogP contribution in [0.15, 0.2) is 76.6 Å². The van der Waals surface area contributed by atoms with Gasteiger partial charge in [-0.2, -0.15) is 0 Å². The lowest BCUT2D eigenvalue weighted by atomic mass is 9.98. The number of nitrogens with one attached hydrogen (secondary N) is 2. The zero-order chi connectivity index (χ0) is 16.5. The van der Waals surface area contributed by atoms with E-state index in [4.69, 9.17) is 0 Å². The van der Waals surface area contributed by atoms with Gasteiger partial charge in [-0.05, 0) is 11.1 Å². The second-order valence-electron chi connectivity index (χ2n) is 5.46. The summed E-state index contributed by atoms with van der Waals surface area (Å²) in [5.41, 5.74) is 1.37. The molecule has 0 fully saturated rings. The minimum Gasteiger partial charge on any atom is -0.339 e. The highest BCUT2D eigenvalue weighted by atomic mass is 16.2. The maximum atomic E-state index is 12.9. The van der Waals surface area contributed by atoms with Crippen molar-refractivity contribution in [2.24, 2.45) is 0 Å². The summed E-state index contributed by atoms with van der Waals surface area (Å²) in [6.45, 7) is 0. The van der Waals surface area contributed by atoms with Gasteiger partial charge in [0.2, 0.25) is 0 Å². The molecule has 0 radical (unpaired) electrons. The number of H-pyrrole nitrogens is 2. The highest BCUT2D eigenvalue weighted by Gasteiger charge is 2.21. The monoisotopic (exact) mass is 318 g/mol. The van der Waals surface area contributed by atoms with Gasteiger partial charge in [-0.1, -0.05) is 60.7 Å². The summed E-state index contributed by atoms with van der Waals surface area (Å²) in [5, 5.41) is 0. The van der Waals surface area contributed by atoms with Gasteiger partial charge in [0.25, 0.3) is 5.56 Å². The molecule has 0 aliphatic carbocycles. The molecule has 4 rings (SSSR count). The van der Waals surface area contributed by atoms with E-state index in [0.717, 1.165) is 11.1 Å². The molecule has 0 saturated heterocycles. The van der Waals surface area contributed by atoms with E-state index in [2.05, 4.69) is 15.0 Å². The first-order chi connectivity index (χ1) is 11.8. The van der Waals surface area contributed by atoms with Gasteiger partial charge < -0.3 is 4.98 Å². The van der Waals surface area contributed by atoms with Gasteiger partial charge in [0.15, 0.2) is 5.65 Å². The molecule has 0 aliphatic heterocycles. The molecule has 4 aromatic rings. The Kier molecular flexibility index (Phi) is 3.35. The first-order valence-corrected chi connectivity index (χ1v) is 7.53. The van der Waals surface area contributed by atoms with Crippen molar-refractivity contribution in [2.45, 2.75) is 6.04 Å². The summed E-state index contributed by atoms with van der Waals surface area (Å²) < 4.78 is 1.23. The van der Waals surface area contributed by atoms with E-state index in [9.17, 15) is 9.59 Å². The minimum absolute atomic E-state index is 0.265. The number of imidazole rings is 1. The van der Waals surface area contributed by atoms with Crippen LogP contribution in [0.4, 0.5) is 0 Å². The third-order valence-electron chi connectivity index (χ3n) is 4.00. The number of benzene rings is 2. The number of aromatic amines is 2. The maximum absolute atomic E-state index is 12.9. The topological polar surface area (TPSA) is 83.5 Å². The predicted molar refractivity (Wildman–Crippen MR) is 91.1 cm³/mol. The highest BCUT2D eigenvalue weighted by molar-refractivity contribution is 5.67. The van der Waals surface area contributed by atoms with Crippen molar-refractivity contribution in [3.8, 4) is 0 Å². The average molecular weight is 318 g/mol. The molecule has 118 valence electrons. The Morgan fingerprint density at radius 2 is 1.46 bits per heavy atom. The molecule has 2 aromatic heterocycles. The van der Waals surface area contributed by atoms with Gasteiger partial charge in [0, 0.05) is 0 Å². The number of hydrogen-bond acceptors (Lipinski definition) is 3. The van der Waals surface area contributed by atoms with Crippen molar-refractivity contribution in [3.05, 3.63) is 99.0 Å². The van der Waals surface area contributed by atoms with Crippen LogP contribution in [0, 0.1) is 0 Å². The Hall–Kier alpha value is -3.41. The number of rotatable bonds is 3. The summed E-state index contributed by atoms with van der Waals surface area (Å²) in [4.78, 5) is 34.9. The van der Waals surface area contributed by atoms with Crippen LogP contribution in [-0.2, 0) is 0 Å². The molecule has 2 aromatic carbocycles. The van der Waals surface area contributed by atoms with Crippen molar-refractivity contribution < 1.29 is 0 Å². The molecule has 24 heavy (non-hydrogen) atoms. The summed E-state index contributed by atoms with van der Waals surface area (Å²) in [7, 11) is 0. The molecular weight excluding hydrogens is 304 g/mol. The third-order valence-corrected chi connectivity index (χ3v) is 4.00. The molecule has 0 saturated carbocycles. The largest absolute Gasteiger partial charge is 0.339 e. The lowest BCUT2D eigenvalue weighted by molar-refractivity contribution is 0.616. The smallest absolute Gasteiger partial charge is 0.330 e. The van der Waals surface area contributed by atoms with Crippen LogP contribution in [-0.4, -0.2) is 19.5 Å². The van der Waals surface area contributed by atoms with E-state index >= 15 is 0 Å². The number of nitrogens with zero attached hydrogens (tertiary/aromatic N) is 2. The summed E-state index contributed by atoms with van der Waals surface area (Å²) in [5.74, 6) is 0. The van der Waals surface area contributed by atoms with Crippen LogP contribution in [0.25, 0.3) is 11.2 Å². The minimum atomic E-state index is -0.517. The van der Waals surface area contributed by atoms with Gasteiger partial charge in [-0.3, -0.25) is 9.78 Å². The average Bonchev–Trinajstić information content (AvgIpc) is 3.08. The van der Waals surface area contributed by atoms with E-state index in [-0.39, 0.29) is 11.2 Å². The lowest BCUT2D eigenvalue weighted by Gasteiger charge is -2.19. The van der Waals surface area contributed by atoms with Crippen LogP contribution < -0.4 is 11.2 Å². The lowest BCUT2D eigenvalue weighted by Crippen LogP contribution is -2.39. The van der Waals surface area contributed by atoms with E-state index < -0.39 is 17.3 Å². The molecule has 6 heteroatoms. The molecule has 6 nitrogen and oxygen atoms in total. The fraction of sp³-hybridized carbons (Fsp3) is 0.0556. The molecule has 0 unspecified atom stereocenters. The normalized spacial score (nSPS) is 11.2. The van der Waals surface area contributed by atoms with Gasteiger partial charge in [-0.25, -0.2) is 14.3 Å². The Bertz CT molecular complexity index is 1060. The molecule has 0 aliphatic rings. The summed E-state index contributed by atoms with van der Waals surface area (Å²) in [6.07, 6.45) is 1.40. The predicted octanol–water partition coefficient (Wildman–Crippen LogP) is 2.05. The second kappa shape index (κ2) is 5.66. The van der Waals surface area contributed by atoms with Crippen LogP contribution in [0.1, 0.15) is 17.2 Å². The van der Waals surface area contributed by atoms with Crippen LogP contribution in [0.3, 0.4) is 0 Å². The van der Waals surface area contributed by atoms with Gasteiger partial charge in [-0.15, -0.1) is 0 Å². The van der Waals surface area contributed by atoms with Crippen molar-refractivity contribution in [1.82, 2.24) is 19.5 Å². The molecule has 0 bridgehead atoms. The molecule has 0 atom stereocenters. The van der Waals surface area contributed by atoms with Gasteiger partial charge >= 0.3 is 5.69 Å². The van der Waals surface area contributed by atoms with Crippen molar-refractivity contribution in [1.29, 1.82) is 0 Å².